The van der Waals surface area contributed by atoms with E-state index in [1.165, 1.54) is 75.7 Å². The summed E-state index contributed by atoms with van der Waals surface area (Å²) < 4.78 is 68.5. The van der Waals surface area contributed by atoms with E-state index in [1.54, 1.807) is 6.07 Å². The molecule has 2 aromatic carbocycles. The Labute approximate surface area is 298 Å². The minimum absolute atomic E-state index is 0.0240. The van der Waals surface area contributed by atoms with Gasteiger partial charge in [-0.05, 0) is 98.3 Å². The monoisotopic (exact) mass is 698 g/mol. The molecule has 0 spiro atoms. The van der Waals surface area contributed by atoms with E-state index in [0.717, 1.165) is 57.3 Å². The zero-order valence-corrected chi connectivity index (χ0v) is 30.4. The van der Waals surface area contributed by atoms with Crippen molar-refractivity contribution in [1.82, 2.24) is 0 Å². The zero-order chi connectivity index (χ0) is 36.5. The first-order valence-corrected chi connectivity index (χ1v) is 18.8. The van der Waals surface area contributed by atoms with Crippen molar-refractivity contribution >= 4 is 12.4 Å². The van der Waals surface area contributed by atoms with E-state index in [2.05, 4.69) is 33.6 Å². The highest BCUT2D eigenvalue weighted by Gasteiger charge is 2.29. The molecular formula is C43H58F4O3. The van der Waals surface area contributed by atoms with Crippen molar-refractivity contribution in [1.29, 1.82) is 0 Å². The molecule has 0 aliphatic heterocycles. The highest BCUT2D eigenvalue weighted by molar-refractivity contribution is 5.80. The molecule has 4 rings (SSSR count). The van der Waals surface area contributed by atoms with Crippen molar-refractivity contribution in [3.8, 4) is 11.5 Å². The largest absolute Gasteiger partial charge is 0.486 e. The molecule has 2 aromatic rings. The quantitative estimate of drug-likeness (QED) is 0.0673. The predicted octanol–water partition coefficient (Wildman–Crippen LogP) is 13.2. The lowest BCUT2D eigenvalue weighted by molar-refractivity contribution is 0.111. The van der Waals surface area contributed by atoms with Crippen LogP contribution in [0.1, 0.15) is 155 Å². The molecule has 0 amide bonds. The Hall–Kier alpha value is -3.35. The molecule has 2 aliphatic rings. The average molecular weight is 699 g/mol. The van der Waals surface area contributed by atoms with Crippen molar-refractivity contribution < 1.29 is 31.8 Å². The van der Waals surface area contributed by atoms with Gasteiger partial charge in [0.2, 0.25) is 11.6 Å². The number of ether oxygens (including phenoxy) is 2. The smallest absolute Gasteiger partial charge is 0.201 e. The van der Waals surface area contributed by atoms with Gasteiger partial charge in [-0.15, -0.1) is 0 Å². The number of carbonyl (C=O) groups excluding carboxylic acids is 1. The SMILES string of the molecule is C=CCOc1c(C=C)cc(C2CCC(CCCCC)CC2)c(F)c1F.C=CCOc1c(C=O)cc(C2CCC(CCCCC)CC2)c(F)c1F. The molecule has 50 heavy (non-hydrogen) atoms. The summed E-state index contributed by atoms with van der Waals surface area (Å²) in [7, 11) is 0. The van der Waals surface area contributed by atoms with Gasteiger partial charge < -0.3 is 9.47 Å². The van der Waals surface area contributed by atoms with E-state index in [9.17, 15) is 22.4 Å². The molecule has 0 atom stereocenters. The number of aldehydes is 1. The van der Waals surface area contributed by atoms with Crippen molar-refractivity contribution in [2.75, 3.05) is 13.2 Å². The topological polar surface area (TPSA) is 35.5 Å². The van der Waals surface area contributed by atoms with E-state index in [1.807, 2.05) is 0 Å². The summed E-state index contributed by atoms with van der Waals surface area (Å²) in [4.78, 5) is 11.3. The summed E-state index contributed by atoms with van der Waals surface area (Å²) in [5.41, 5.74) is 1.38. The minimum atomic E-state index is -1.06. The molecule has 7 heteroatoms. The van der Waals surface area contributed by atoms with Crippen LogP contribution >= 0.6 is 0 Å². The Morgan fingerprint density at radius 2 is 1.02 bits per heavy atom. The maximum Gasteiger partial charge on any atom is 0.201 e. The summed E-state index contributed by atoms with van der Waals surface area (Å²) in [6.07, 6.45) is 22.9. The zero-order valence-electron chi connectivity index (χ0n) is 30.4. The number of halogens is 4. The van der Waals surface area contributed by atoms with Crippen molar-refractivity contribution in [2.24, 2.45) is 11.8 Å². The lowest BCUT2D eigenvalue weighted by Gasteiger charge is -2.29. The first kappa shape index (κ1) is 41.1. The van der Waals surface area contributed by atoms with E-state index < -0.39 is 23.3 Å². The number of hydrogen-bond donors (Lipinski definition) is 0. The molecule has 0 aromatic heterocycles. The fourth-order valence-corrected chi connectivity index (χ4v) is 7.60. The van der Waals surface area contributed by atoms with E-state index in [-0.39, 0.29) is 42.1 Å². The van der Waals surface area contributed by atoms with Gasteiger partial charge in [0, 0.05) is 5.56 Å². The Balaban J connectivity index is 0.000000270. The molecule has 2 fully saturated rings. The second-order valence-electron chi connectivity index (χ2n) is 14.0. The fourth-order valence-electron chi connectivity index (χ4n) is 7.60. The van der Waals surface area contributed by atoms with Gasteiger partial charge in [0.05, 0.1) is 5.56 Å². The third-order valence-corrected chi connectivity index (χ3v) is 10.5. The summed E-state index contributed by atoms with van der Waals surface area (Å²) in [5, 5.41) is 0. The number of rotatable bonds is 18. The van der Waals surface area contributed by atoms with Gasteiger partial charge in [0.25, 0.3) is 0 Å². The highest BCUT2D eigenvalue weighted by atomic mass is 19.2. The molecule has 0 unspecified atom stereocenters. The van der Waals surface area contributed by atoms with Crippen LogP contribution in [0.3, 0.4) is 0 Å². The van der Waals surface area contributed by atoms with E-state index in [0.29, 0.717) is 28.9 Å². The minimum Gasteiger partial charge on any atom is -0.486 e. The van der Waals surface area contributed by atoms with E-state index in [4.69, 9.17) is 9.47 Å². The van der Waals surface area contributed by atoms with Gasteiger partial charge in [0.1, 0.15) is 13.2 Å². The van der Waals surface area contributed by atoms with Crippen LogP contribution < -0.4 is 9.47 Å². The highest BCUT2D eigenvalue weighted by Crippen LogP contribution is 2.43. The number of hydrogen-bond acceptors (Lipinski definition) is 3. The van der Waals surface area contributed by atoms with Gasteiger partial charge in [-0.3, -0.25) is 4.79 Å². The van der Waals surface area contributed by atoms with Gasteiger partial charge >= 0.3 is 0 Å². The van der Waals surface area contributed by atoms with Crippen LogP contribution in [0.5, 0.6) is 11.5 Å². The van der Waals surface area contributed by atoms with Gasteiger partial charge in [-0.1, -0.05) is 103 Å². The maximum atomic E-state index is 14.6. The van der Waals surface area contributed by atoms with Crippen molar-refractivity contribution in [2.45, 2.75) is 128 Å². The van der Waals surface area contributed by atoms with Gasteiger partial charge in [0.15, 0.2) is 29.4 Å². The molecule has 276 valence electrons. The van der Waals surface area contributed by atoms with Gasteiger partial charge in [-0.2, -0.15) is 8.78 Å². The second kappa shape index (κ2) is 21.8. The Kier molecular flexibility index (Phi) is 17.9. The standard InChI is InChI=1S/C22H30F2O.C21H28F2O2/c1-4-7-8-9-16-10-12-18(13-11-16)19-15-17(6-3)22(25-14-5-2)21(24)20(19)23;1-3-5-6-7-15-8-10-16(11-9-15)18-13-17(14-24)21(25-12-4-2)20(23)19(18)22/h5-6,15-16,18H,2-4,7-14H2,1H3;4,13-16H,2-3,5-12H2,1H3. The molecule has 2 saturated carbocycles. The van der Waals surface area contributed by atoms with Crippen molar-refractivity contribution in [3.63, 3.8) is 0 Å². The van der Waals surface area contributed by atoms with Crippen LogP contribution in [0.25, 0.3) is 6.08 Å². The van der Waals surface area contributed by atoms with Crippen LogP contribution in [0.15, 0.2) is 44.0 Å². The normalized spacial score (nSPS) is 20.3. The molecule has 0 N–H and O–H groups in total. The van der Waals surface area contributed by atoms with Crippen LogP contribution in [0, 0.1) is 35.1 Å². The number of benzene rings is 2. The van der Waals surface area contributed by atoms with Crippen LogP contribution in [0.2, 0.25) is 0 Å². The molecular weight excluding hydrogens is 640 g/mol. The molecule has 0 heterocycles. The fraction of sp³-hybridized carbons (Fsp3) is 0.558. The first-order valence-electron chi connectivity index (χ1n) is 18.8. The summed E-state index contributed by atoms with van der Waals surface area (Å²) in [5.74, 6) is -2.49. The molecule has 0 bridgehead atoms. The van der Waals surface area contributed by atoms with Crippen molar-refractivity contribution in [3.05, 3.63) is 89.5 Å². The number of unbranched alkanes of at least 4 members (excludes halogenated alkanes) is 4. The molecule has 0 saturated heterocycles. The Bertz CT molecular complexity index is 1280. The lowest BCUT2D eigenvalue weighted by Crippen LogP contribution is -2.16. The number of carbonyl (C=O) groups is 1. The average Bonchev–Trinajstić information content (AvgIpc) is 3.14. The molecule has 0 radical (unpaired) electrons. The second-order valence-corrected chi connectivity index (χ2v) is 14.0. The molecule has 2 aliphatic carbocycles. The third-order valence-electron chi connectivity index (χ3n) is 10.5. The Morgan fingerprint density at radius 1 is 0.620 bits per heavy atom. The summed E-state index contributed by atoms with van der Waals surface area (Å²) in [6, 6.07) is 3.18. The Morgan fingerprint density at radius 3 is 1.38 bits per heavy atom. The van der Waals surface area contributed by atoms with Gasteiger partial charge in [-0.25, -0.2) is 8.78 Å². The molecule has 3 nitrogen and oxygen atoms in total. The lowest BCUT2D eigenvalue weighted by atomic mass is 9.76. The predicted molar refractivity (Wildman–Crippen MR) is 197 cm³/mol. The third kappa shape index (κ3) is 11.3. The maximum absolute atomic E-state index is 14.6. The van der Waals surface area contributed by atoms with Crippen LogP contribution in [-0.2, 0) is 0 Å². The summed E-state index contributed by atoms with van der Waals surface area (Å²) >= 11 is 0. The summed E-state index contributed by atoms with van der Waals surface area (Å²) in [6.45, 7) is 15.3. The van der Waals surface area contributed by atoms with E-state index >= 15 is 0 Å². The van der Waals surface area contributed by atoms with Crippen LogP contribution in [0.4, 0.5) is 17.6 Å². The van der Waals surface area contributed by atoms with Crippen LogP contribution in [-0.4, -0.2) is 19.5 Å². The first-order chi connectivity index (χ1) is 24.2.